The molecule has 14 heteroatoms. The van der Waals surface area contributed by atoms with Crippen LogP contribution in [0.4, 0.5) is 4.79 Å². The number of carboxylic acid groups (broad SMARTS) is 1. The topological polar surface area (TPSA) is 166 Å². The first-order valence-electron chi connectivity index (χ1n) is 17.6. The van der Waals surface area contributed by atoms with Crippen molar-refractivity contribution in [1.82, 2.24) is 20.1 Å². The molecular weight excluding hydrogens is 712 g/mol. The number of aliphatic carboxylic acids is 1. The number of amides is 3. The van der Waals surface area contributed by atoms with E-state index in [0.717, 1.165) is 38.5 Å². The average Bonchev–Trinajstić information content (AvgIpc) is 3.36. The van der Waals surface area contributed by atoms with E-state index in [1.165, 1.54) is 18.1 Å². The highest BCUT2D eigenvalue weighted by Crippen LogP contribution is 2.45. The van der Waals surface area contributed by atoms with Crippen molar-refractivity contribution >= 4 is 50.7 Å². The molecule has 6 rings (SSSR count). The molecule has 3 amide bonds. The van der Waals surface area contributed by atoms with Crippen molar-refractivity contribution in [3.63, 3.8) is 0 Å². The number of nitrogens with zero attached hydrogens (tertiary/aromatic N) is 2. The number of hydrogen-bond donors (Lipinski definition) is 3. The number of methoxy groups -OCH3 is 1. The smallest absolute Gasteiger partial charge is 0.407 e. The predicted molar refractivity (Wildman–Crippen MR) is 187 cm³/mol. The molecule has 2 saturated carbocycles. The molecule has 0 bridgehead atoms. The third kappa shape index (κ3) is 7.35. The van der Waals surface area contributed by atoms with E-state index in [4.69, 9.17) is 14.2 Å². The van der Waals surface area contributed by atoms with Crippen LogP contribution in [0.2, 0.25) is 0 Å². The molecule has 0 spiro atoms. The number of hydrogen-bond acceptors (Lipinski definition) is 8. The van der Waals surface area contributed by atoms with Crippen molar-refractivity contribution in [2.24, 2.45) is 5.92 Å². The standard InChI is InChI=1S/C36H45BrN4O9/c1-3-40-30(43)18-28(25-14-15-27(48-2)31(37)32(25)40)49-24-17-26-33(44)39-36(34(45)46)19-21(36)10-6-4-5-7-11-22(16-29(42)41(26)20-24)38-35(47)50-23-12-8-9-13-23/h6,10,14-15,18,21-24,26H,3-5,7-9,11-13,16-17,19-20H2,1-2H3,(H,38,47)(H,39,44)(H,45,46)/b10-6-/t21-,22-,24+,26-,36+/m0/s1. The van der Waals surface area contributed by atoms with Crippen molar-refractivity contribution in [3.05, 3.63) is 45.2 Å². The fourth-order valence-electron chi connectivity index (χ4n) is 7.63. The minimum absolute atomic E-state index is 0.0231. The maximum Gasteiger partial charge on any atom is 0.407 e. The van der Waals surface area contributed by atoms with Gasteiger partial charge in [-0.25, -0.2) is 9.59 Å². The third-order valence-electron chi connectivity index (χ3n) is 10.5. The zero-order valence-electron chi connectivity index (χ0n) is 28.5. The first-order valence-corrected chi connectivity index (χ1v) is 18.4. The number of carbonyl (C=O) groups is 4. The van der Waals surface area contributed by atoms with E-state index < -0.39 is 41.7 Å². The Kier molecular flexibility index (Phi) is 10.8. The number of fused-ring (bicyclic) bond motifs is 3. The molecule has 50 heavy (non-hydrogen) atoms. The van der Waals surface area contributed by atoms with Crippen LogP contribution in [0.1, 0.15) is 77.6 Å². The summed E-state index contributed by atoms with van der Waals surface area (Å²) in [7, 11) is 1.54. The minimum Gasteiger partial charge on any atom is -0.495 e. The summed E-state index contributed by atoms with van der Waals surface area (Å²) in [6.45, 7) is 2.29. The maximum absolute atomic E-state index is 14.1. The van der Waals surface area contributed by atoms with Gasteiger partial charge in [0.2, 0.25) is 11.8 Å². The summed E-state index contributed by atoms with van der Waals surface area (Å²) < 4.78 is 19.7. The van der Waals surface area contributed by atoms with Crippen LogP contribution in [0.3, 0.4) is 0 Å². The van der Waals surface area contributed by atoms with Crippen molar-refractivity contribution in [3.8, 4) is 11.5 Å². The van der Waals surface area contributed by atoms with Crippen LogP contribution in [-0.4, -0.2) is 81.9 Å². The largest absolute Gasteiger partial charge is 0.495 e. The van der Waals surface area contributed by atoms with Gasteiger partial charge in [-0.05, 0) is 86.4 Å². The van der Waals surface area contributed by atoms with Gasteiger partial charge in [-0.3, -0.25) is 14.4 Å². The quantitative estimate of drug-likeness (QED) is 0.341. The van der Waals surface area contributed by atoms with Crippen molar-refractivity contribution in [2.45, 2.75) is 114 Å². The maximum atomic E-state index is 14.1. The summed E-state index contributed by atoms with van der Waals surface area (Å²) in [5.41, 5.74) is -1.15. The van der Waals surface area contributed by atoms with Crippen LogP contribution in [0.5, 0.6) is 11.5 Å². The Hall–Kier alpha value is -4.07. The zero-order valence-corrected chi connectivity index (χ0v) is 30.0. The van der Waals surface area contributed by atoms with Gasteiger partial charge < -0.3 is 39.4 Å². The molecule has 3 N–H and O–H groups in total. The lowest BCUT2D eigenvalue weighted by Crippen LogP contribution is -2.53. The molecule has 0 unspecified atom stereocenters. The summed E-state index contributed by atoms with van der Waals surface area (Å²) in [6, 6.07) is 3.41. The molecule has 13 nitrogen and oxygen atoms in total. The molecule has 270 valence electrons. The van der Waals surface area contributed by atoms with Gasteiger partial charge in [-0.1, -0.05) is 18.6 Å². The van der Waals surface area contributed by atoms with Gasteiger partial charge in [0.25, 0.3) is 5.56 Å². The number of alkyl carbamates (subject to hydrolysis) is 1. The molecule has 1 aromatic carbocycles. The van der Waals surface area contributed by atoms with Crippen LogP contribution < -0.4 is 25.7 Å². The number of carboxylic acids is 1. The van der Waals surface area contributed by atoms with Crippen LogP contribution >= 0.6 is 15.9 Å². The second-order valence-corrected chi connectivity index (χ2v) is 14.5. The number of rotatable bonds is 7. The molecule has 2 aliphatic carbocycles. The van der Waals surface area contributed by atoms with Crippen LogP contribution in [-0.2, 0) is 25.7 Å². The van der Waals surface area contributed by atoms with E-state index >= 15 is 0 Å². The minimum atomic E-state index is -1.44. The van der Waals surface area contributed by atoms with Gasteiger partial charge in [-0.15, -0.1) is 0 Å². The number of ether oxygens (including phenoxy) is 3. The number of benzene rings is 1. The highest BCUT2D eigenvalue weighted by molar-refractivity contribution is 9.10. The fourth-order valence-corrected chi connectivity index (χ4v) is 8.36. The van der Waals surface area contributed by atoms with E-state index in [-0.39, 0.29) is 49.3 Å². The highest BCUT2D eigenvalue weighted by Gasteiger charge is 2.61. The zero-order chi connectivity index (χ0) is 35.6. The highest BCUT2D eigenvalue weighted by atomic mass is 79.9. The van der Waals surface area contributed by atoms with Crippen molar-refractivity contribution < 1.29 is 38.5 Å². The van der Waals surface area contributed by atoms with E-state index in [9.17, 15) is 29.1 Å². The number of aryl methyl sites for hydroxylation is 1. The monoisotopic (exact) mass is 756 g/mol. The van der Waals surface area contributed by atoms with Crippen molar-refractivity contribution in [2.75, 3.05) is 13.7 Å². The predicted octanol–water partition coefficient (Wildman–Crippen LogP) is 4.66. The third-order valence-corrected chi connectivity index (χ3v) is 11.2. The molecule has 1 saturated heterocycles. The summed E-state index contributed by atoms with van der Waals surface area (Å²) >= 11 is 3.58. The Morgan fingerprint density at radius 3 is 2.56 bits per heavy atom. The van der Waals surface area contributed by atoms with E-state index in [0.29, 0.717) is 46.3 Å². The molecule has 3 fully saturated rings. The lowest BCUT2D eigenvalue weighted by atomic mass is 10.0. The number of halogens is 1. The number of allylic oxidation sites excluding steroid dienone is 1. The Morgan fingerprint density at radius 2 is 1.84 bits per heavy atom. The molecule has 2 aliphatic heterocycles. The Balaban J connectivity index is 1.28. The van der Waals surface area contributed by atoms with Crippen molar-refractivity contribution in [1.29, 1.82) is 0 Å². The summed E-state index contributed by atoms with van der Waals surface area (Å²) in [5, 5.41) is 16.5. The van der Waals surface area contributed by atoms with E-state index in [1.807, 2.05) is 19.1 Å². The Morgan fingerprint density at radius 1 is 1.08 bits per heavy atom. The summed E-state index contributed by atoms with van der Waals surface area (Å²) in [4.78, 5) is 68.0. The SMILES string of the molecule is CCn1c(=O)cc(O[C@@H]2C[C@H]3C(=O)N[C@]4(C(=O)O)C[C@@H]4/C=C\CCCC[C@H](NC(=O)OC4CCCC4)CC(=O)N3C2)c2ccc(OC)c(Br)c21. The van der Waals surface area contributed by atoms with Crippen LogP contribution in [0.15, 0.2) is 39.6 Å². The average molecular weight is 758 g/mol. The van der Waals surface area contributed by atoms with Gasteiger partial charge >= 0.3 is 12.1 Å². The van der Waals surface area contributed by atoms with Crippen LogP contribution in [0, 0.1) is 5.92 Å². The molecule has 1 aromatic heterocycles. The van der Waals surface area contributed by atoms with E-state index in [2.05, 4.69) is 26.6 Å². The number of carbonyl (C=O) groups excluding carboxylic acids is 3. The fraction of sp³-hybridized carbons (Fsp3) is 0.583. The molecule has 2 aromatic rings. The molecular formula is C36H45BrN4O9. The van der Waals surface area contributed by atoms with Gasteiger partial charge in [0, 0.05) is 42.8 Å². The molecule has 3 heterocycles. The second kappa shape index (κ2) is 15.0. The number of nitrogens with one attached hydrogen (secondary N) is 2. The van der Waals surface area contributed by atoms with Gasteiger partial charge in [0.1, 0.15) is 35.3 Å². The lowest BCUT2D eigenvalue weighted by Gasteiger charge is -2.27. The molecule has 5 atom stereocenters. The van der Waals surface area contributed by atoms with Gasteiger partial charge in [0.15, 0.2) is 0 Å². The summed E-state index contributed by atoms with van der Waals surface area (Å²) in [6.07, 6.45) is 9.11. The number of pyridine rings is 1. The lowest BCUT2D eigenvalue weighted by molar-refractivity contribution is -0.145. The van der Waals surface area contributed by atoms with Gasteiger partial charge in [-0.2, -0.15) is 0 Å². The first-order chi connectivity index (χ1) is 24.0. The normalized spacial score (nSPS) is 28.1. The Labute approximate surface area is 298 Å². The second-order valence-electron chi connectivity index (χ2n) is 13.8. The van der Waals surface area contributed by atoms with Gasteiger partial charge in [0.05, 0.1) is 23.6 Å². The summed E-state index contributed by atoms with van der Waals surface area (Å²) in [5.74, 6) is -1.60. The number of aromatic nitrogens is 1. The van der Waals surface area contributed by atoms with Crippen LogP contribution in [0.25, 0.3) is 10.9 Å². The Bertz CT molecular complexity index is 1740. The molecule has 0 radical (unpaired) electrons. The first kappa shape index (κ1) is 35.7. The molecule has 4 aliphatic rings. The van der Waals surface area contributed by atoms with E-state index in [1.54, 1.807) is 16.7 Å².